The van der Waals surface area contributed by atoms with Gasteiger partial charge in [-0.3, -0.25) is 0 Å². The van der Waals surface area contributed by atoms with Crippen LogP contribution < -0.4 is 4.74 Å². The fourth-order valence-electron chi connectivity index (χ4n) is 2.19. The Morgan fingerprint density at radius 3 is 2.52 bits per heavy atom. The van der Waals surface area contributed by atoms with Crippen molar-refractivity contribution in [2.45, 2.75) is 25.7 Å². The molecule has 1 nitrogen and oxygen atoms in total. The molecule has 0 unspecified atom stereocenters. The van der Waals surface area contributed by atoms with Gasteiger partial charge in [-0.25, -0.2) is 0 Å². The second-order valence-corrected chi connectivity index (χ2v) is 6.19. The van der Waals surface area contributed by atoms with Crippen LogP contribution in [-0.2, 0) is 0 Å². The van der Waals surface area contributed by atoms with Crippen molar-refractivity contribution in [2.75, 3.05) is 12.5 Å². The lowest BCUT2D eigenvalue weighted by Gasteiger charge is -2.09. The van der Waals surface area contributed by atoms with Crippen LogP contribution in [0.2, 0.25) is 0 Å². The average molecular weight is 368 g/mol. The summed E-state index contributed by atoms with van der Waals surface area (Å²) >= 11 is 9.26. The molecule has 0 saturated carbocycles. The van der Waals surface area contributed by atoms with E-state index in [1.807, 2.05) is 24.3 Å². The average Bonchev–Trinajstić information content (AvgIpc) is 2.51. The van der Waals surface area contributed by atoms with Crippen LogP contribution in [0.3, 0.4) is 0 Å². The summed E-state index contributed by atoms with van der Waals surface area (Å²) in [6.07, 6.45) is 4.54. The van der Waals surface area contributed by atoms with Gasteiger partial charge in [0.25, 0.3) is 0 Å². The molecule has 2 rings (SSSR count). The zero-order chi connectivity index (χ0) is 14.9. The van der Waals surface area contributed by atoms with Crippen molar-refractivity contribution in [3.8, 4) is 16.9 Å². The highest BCUT2D eigenvalue weighted by Gasteiger charge is 2.03. The number of ether oxygens (including phenoxy) is 1. The van der Waals surface area contributed by atoms with E-state index in [0.29, 0.717) is 0 Å². The van der Waals surface area contributed by atoms with Crippen LogP contribution in [0.25, 0.3) is 11.1 Å². The van der Waals surface area contributed by atoms with Gasteiger partial charge in [0.1, 0.15) is 5.75 Å². The molecule has 112 valence electrons. The number of rotatable bonds is 8. The first kappa shape index (κ1) is 16.4. The monoisotopic (exact) mass is 366 g/mol. The van der Waals surface area contributed by atoms with Crippen molar-refractivity contribution in [1.29, 1.82) is 0 Å². The number of halogens is 2. The Balaban J connectivity index is 1.91. The number of hydrogen-bond donors (Lipinski definition) is 0. The first-order valence-electron chi connectivity index (χ1n) is 7.35. The van der Waals surface area contributed by atoms with Crippen LogP contribution in [0.4, 0.5) is 0 Å². The van der Waals surface area contributed by atoms with E-state index in [-0.39, 0.29) is 0 Å². The van der Waals surface area contributed by atoms with Gasteiger partial charge in [-0.15, -0.1) is 11.6 Å². The highest BCUT2D eigenvalue weighted by molar-refractivity contribution is 9.10. The van der Waals surface area contributed by atoms with E-state index in [0.717, 1.165) is 35.6 Å². The molecule has 0 aliphatic heterocycles. The molecule has 0 saturated heterocycles. The summed E-state index contributed by atoms with van der Waals surface area (Å²) in [5.41, 5.74) is 2.35. The second kappa shape index (κ2) is 9.11. The van der Waals surface area contributed by atoms with E-state index in [4.69, 9.17) is 16.3 Å². The standard InChI is InChI=1S/C18H20BrClO/c19-18-11-4-3-10-17(18)15-8-7-9-16(14-15)21-13-6-2-1-5-12-20/h3-4,7-11,14H,1-2,5-6,12-13H2. The second-order valence-electron chi connectivity index (χ2n) is 4.96. The van der Waals surface area contributed by atoms with Gasteiger partial charge in [0.2, 0.25) is 0 Å². The van der Waals surface area contributed by atoms with Crippen LogP contribution in [0.1, 0.15) is 25.7 Å². The fraction of sp³-hybridized carbons (Fsp3) is 0.333. The fourth-order valence-corrected chi connectivity index (χ4v) is 2.89. The highest BCUT2D eigenvalue weighted by Crippen LogP contribution is 2.30. The van der Waals surface area contributed by atoms with Crippen LogP contribution in [0, 0.1) is 0 Å². The lowest BCUT2D eigenvalue weighted by atomic mass is 10.1. The molecule has 0 amide bonds. The van der Waals surface area contributed by atoms with Crippen molar-refractivity contribution >= 4 is 27.5 Å². The summed E-state index contributed by atoms with van der Waals surface area (Å²) in [6, 6.07) is 16.5. The summed E-state index contributed by atoms with van der Waals surface area (Å²) in [7, 11) is 0. The summed E-state index contributed by atoms with van der Waals surface area (Å²) in [4.78, 5) is 0. The summed E-state index contributed by atoms with van der Waals surface area (Å²) in [5.74, 6) is 1.69. The number of unbranched alkanes of at least 4 members (excludes halogenated alkanes) is 3. The number of alkyl halides is 1. The third kappa shape index (κ3) is 5.37. The Bertz CT molecular complexity index is 556. The predicted octanol–water partition coefficient (Wildman–Crippen LogP) is 6.29. The number of benzene rings is 2. The lowest BCUT2D eigenvalue weighted by Crippen LogP contribution is -1.97. The van der Waals surface area contributed by atoms with Gasteiger partial charge >= 0.3 is 0 Å². The third-order valence-corrected chi connectivity index (χ3v) is 4.27. The van der Waals surface area contributed by atoms with Crippen molar-refractivity contribution in [3.05, 3.63) is 53.0 Å². The van der Waals surface area contributed by atoms with Gasteiger partial charge < -0.3 is 4.74 Å². The Hall–Kier alpha value is -0.990. The molecule has 21 heavy (non-hydrogen) atoms. The molecule has 0 atom stereocenters. The molecule has 2 aromatic carbocycles. The van der Waals surface area contributed by atoms with Crippen LogP contribution in [0.15, 0.2) is 53.0 Å². The van der Waals surface area contributed by atoms with Crippen LogP contribution in [0.5, 0.6) is 5.75 Å². The van der Waals surface area contributed by atoms with Crippen molar-refractivity contribution < 1.29 is 4.74 Å². The predicted molar refractivity (Wildman–Crippen MR) is 94.3 cm³/mol. The maximum atomic E-state index is 5.84. The molecule has 0 N–H and O–H groups in total. The van der Waals surface area contributed by atoms with Gasteiger partial charge in [0.05, 0.1) is 6.61 Å². The van der Waals surface area contributed by atoms with E-state index in [1.165, 1.54) is 24.0 Å². The maximum absolute atomic E-state index is 5.84. The Morgan fingerprint density at radius 2 is 1.71 bits per heavy atom. The molecular weight excluding hydrogens is 348 g/mol. The zero-order valence-corrected chi connectivity index (χ0v) is 14.4. The molecule has 0 aliphatic rings. The van der Waals surface area contributed by atoms with Gasteiger partial charge in [-0.2, -0.15) is 0 Å². The smallest absolute Gasteiger partial charge is 0.119 e. The lowest BCUT2D eigenvalue weighted by molar-refractivity contribution is 0.305. The molecule has 3 heteroatoms. The molecule has 0 fully saturated rings. The van der Waals surface area contributed by atoms with Crippen molar-refractivity contribution in [2.24, 2.45) is 0 Å². The van der Waals surface area contributed by atoms with E-state index >= 15 is 0 Å². The quantitative estimate of drug-likeness (QED) is 0.393. The molecular formula is C18H20BrClO. The van der Waals surface area contributed by atoms with Gasteiger partial charge in [0.15, 0.2) is 0 Å². The molecule has 0 heterocycles. The Labute approximate surface area is 140 Å². The van der Waals surface area contributed by atoms with E-state index in [1.54, 1.807) is 0 Å². The summed E-state index contributed by atoms with van der Waals surface area (Å²) in [5, 5.41) is 0. The molecule has 2 aromatic rings. The third-order valence-electron chi connectivity index (χ3n) is 3.32. The van der Waals surface area contributed by atoms with E-state index in [2.05, 4.69) is 40.2 Å². The zero-order valence-electron chi connectivity index (χ0n) is 12.0. The van der Waals surface area contributed by atoms with Gasteiger partial charge in [-0.05, 0) is 42.2 Å². The van der Waals surface area contributed by atoms with Crippen molar-refractivity contribution in [3.63, 3.8) is 0 Å². The Kier molecular flexibility index (Phi) is 7.11. The maximum Gasteiger partial charge on any atom is 0.119 e. The summed E-state index contributed by atoms with van der Waals surface area (Å²) in [6.45, 7) is 0.766. The minimum atomic E-state index is 0.759. The van der Waals surface area contributed by atoms with Crippen molar-refractivity contribution in [1.82, 2.24) is 0 Å². The van der Waals surface area contributed by atoms with Crippen LogP contribution in [-0.4, -0.2) is 12.5 Å². The minimum absolute atomic E-state index is 0.759. The topological polar surface area (TPSA) is 9.23 Å². The molecule has 0 bridgehead atoms. The molecule has 0 aliphatic carbocycles. The highest BCUT2D eigenvalue weighted by atomic mass is 79.9. The molecule has 0 aromatic heterocycles. The SMILES string of the molecule is ClCCCCCCOc1cccc(-c2ccccc2Br)c1. The number of hydrogen-bond acceptors (Lipinski definition) is 1. The largest absolute Gasteiger partial charge is 0.494 e. The minimum Gasteiger partial charge on any atom is -0.494 e. The van der Waals surface area contributed by atoms with Gasteiger partial charge in [0, 0.05) is 10.4 Å². The van der Waals surface area contributed by atoms with E-state index < -0.39 is 0 Å². The van der Waals surface area contributed by atoms with E-state index in [9.17, 15) is 0 Å². The molecule has 0 spiro atoms. The normalized spacial score (nSPS) is 10.6. The Morgan fingerprint density at radius 1 is 0.905 bits per heavy atom. The van der Waals surface area contributed by atoms with Crippen LogP contribution >= 0.6 is 27.5 Å². The first-order valence-corrected chi connectivity index (χ1v) is 8.68. The summed E-state index contributed by atoms with van der Waals surface area (Å²) < 4.78 is 6.94. The first-order chi connectivity index (χ1) is 10.3. The molecule has 0 radical (unpaired) electrons. The van der Waals surface area contributed by atoms with Gasteiger partial charge in [-0.1, -0.05) is 59.1 Å².